The highest BCUT2D eigenvalue weighted by molar-refractivity contribution is 7.84. The summed E-state index contributed by atoms with van der Waals surface area (Å²) in [5, 5.41) is 6.69. The van der Waals surface area contributed by atoms with Gasteiger partial charge in [-0.3, -0.25) is 4.57 Å². The van der Waals surface area contributed by atoms with Crippen LogP contribution in [0.15, 0.2) is 65.8 Å². The summed E-state index contributed by atoms with van der Waals surface area (Å²) in [5.74, 6) is 0. The first-order valence-corrected chi connectivity index (χ1v) is 12.1. The van der Waals surface area contributed by atoms with Gasteiger partial charge in [-0.15, -0.1) is 0 Å². The van der Waals surface area contributed by atoms with Crippen LogP contribution in [-0.2, 0) is 9.09 Å². The first-order chi connectivity index (χ1) is 14.4. The highest BCUT2D eigenvalue weighted by Gasteiger charge is 2.45. The third kappa shape index (κ3) is 3.46. The molecule has 0 saturated carbocycles. The molecule has 0 spiro atoms. The predicted molar refractivity (Wildman–Crippen MR) is 127 cm³/mol. The van der Waals surface area contributed by atoms with Gasteiger partial charge in [-0.2, -0.15) is 5.10 Å². The van der Waals surface area contributed by atoms with Gasteiger partial charge < -0.3 is 4.52 Å². The molecular weight excluding hydrogens is 485 g/mol. The molecule has 1 heterocycles. The Labute approximate surface area is 194 Å². The van der Waals surface area contributed by atoms with Crippen molar-refractivity contribution in [3.63, 3.8) is 0 Å². The number of para-hydroxylation sites is 1. The summed E-state index contributed by atoms with van der Waals surface area (Å²) in [7, 11) is -3.76. The van der Waals surface area contributed by atoms with E-state index in [4.69, 9.17) is 56.0 Å². The van der Waals surface area contributed by atoms with Crippen LogP contribution >= 0.6 is 53.8 Å². The Hall–Kier alpha value is -1.52. The quantitative estimate of drug-likeness (QED) is 0.209. The van der Waals surface area contributed by atoms with Gasteiger partial charge in [0.15, 0.2) is 5.45 Å². The molecule has 0 unspecified atom stereocenters. The molecular formula is C21H15Cl4N2O2P. The number of benzene rings is 3. The lowest BCUT2D eigenvalue weighted by Gasteiger charge is -2.34. The zero-order chi connectivity index (χ0) is 21.5. The summed E-state index contributed by atoms with van der Waals surface area (Å²) in [6.45, 7) is 1.92. The Morgan fingerprint density at radius 3 is 2.03 bits per heavy atom. The Kier molecular flexibility index (Phi) is 6.18. The lowest BCUT2D eigenvalue weighted by Crippen LogP contribution is -2.31. The Morgan fingerprint density at radius 2 is 1.43 bits per heavy atom. The maximum absolute atomic E-state index is 14.4. The van der Waals surface area contributed by atoms with Crippen LogP contribution in [0.25, 0.3) is 0 Å². The largest absolute Gasteiger partial charge is 0.321 e. The molecule has 154 valence electrons. The van der Waals surface area contributed by atoms with Crippen LogP contribution in [0.3, 0.4) is 0 Å². The number of hydrogen-bond acceptors (Lipinski definition) is 4. The Morgan fingerprint density at radius 1 is 0.867 bits per heavy atom. The van der Waals surface area contributed by atoms with E-state index in [1.807, 2.05) is 60.7 Å². The van der Waals surface area contributed by atoms with Crippen molar-refractivity contribution >= 4 is 75.9 Å². The topological polar surface area (TPSA) is 41.9 Å². The van der Waals surface area contributed by atoms with Crippen molar-refractivity contribution in [1.82, 2.24) is 0 Å². The minimum atomic E-state index is -3.76. The Balaban J connectivity index is 2.13. The summed E-state index contributed by atoms with van der Waals surface area (Å²) in [6.07, 6.45) is 0. The summed E-state index contributed by atoms with van der Waals surface area (Å²) >= 11 is 25.9. The van der Waals surface area contributed by atoms with Crippen molar-refractivity contribution in [2.45, 2.75) is 6.92 Å². The maximum atomic E-state index is 14.4. The molecule has 30 heavy (non-hydrogen) atoms. The molecule has 1 atom stereocenters. The first kappa shape index (κ1) is 21.7. The van der Waals surface area contributed by atoms with Crippen LogP contribution in [-0.4, -0.2) is 12.1 Å². The van der Waals surface area contributed by atoms with E-state index >= 15 is 0 Å². The van der Waals surface area contributed by atoms with E-state index in [1.165, 1.54) is 0 Å². The monoisotopic (exact) mass is 498 g/mol. The number of hydrazone groups is 1. The fourth-order valence-electron chi connectivity index (χ4n) is 3.26. The molecule has 3 aromatic rings. The number of rotatable bonds is 4. The summed E-state index contributed by atoms with van der Waals surface area (Å²) in [5.41, 5.74) is 1.86. The van der Waals surface area contributed by atoms with E-state index < -0.39 is 7.37 Å². The fourth-order valence-corrected chi connectivity index (χ4v) is 7.03. The van der Waals surface area contributed by atoms with Crippen molar-refractivity contribution in [3.8, 4) is 0 Å². The minimum absolute atomic E-state index is 0.0179. The molecule has 0 N–H and O–H groups in total. The van der Waals surface area contributed by atoms with Gasteiger partial charge in [-0.05, 0) is 19.1 Å². The van der Waals surface area contributed by atoms with Crippen molar-refractivity contribution in [2.24, 2.45) is 5.10 Å². The fraction of sp³-hybridized carbons (Fsp3) is 0.0952. The normalized spacial score (nSPS) is 18.2. The van der Waals surface area contributed by atoms with E-state index in [2.05, 4.69) is 0 Å². The van der Waals surface area contributed by atoms with Crippen molar-refractivity contribution in [1.29, 1.82) is 0 Å². The molecule has 0 fully saturated rings. The van der Waals surface area contributed by atoms with Gasteiger partial charge in [-0.1, -0.05) is 94.9 Å². The zero-order valence-electron chi connectivity index (χ0n) is 15.7. The van der Waals surface area contributed by atoms with Crippen LogP contribution in [0.4, 0.5) is 11.4 Å². The zero-order valence-corrected chi connectivity index (χ0v) is 19.6. The first-order valence-electron chi connectivity index (χ1n) is 9.01. The summed E-state index contributed by atoms with van der Waals surface area (Å²) in [6, 6.07) is 18.4. The lowest BCUT2D eigenvalue weighted by molar-refractivity contribution is 0.349. The standard InChI is InChI=1S/C21H15Cl4N2O2P/c1-2-29-30(28)20-18(25)16(23)15(22)17(24)19(20)27(14-11-7-4-8-12-14)26-21(30)13-9-5-3-6-10-13/h3-12H,2H2,1H3/t30-/m1/s1. The summed E-state index contributed by atoms with van der Waals surface area (Å²) < 4.78 is 20.2. The van der Waals surface area contributed by atoms with Crippen LogP contribution in [0.5, 0.6) is 0 Å². The molecule has 1 aliphatic rings. The number of hydrogen-bond donors (Lipinski definition) is 0. The number of nitrogens with zero attached hydrogens (tertiary/aromatic N) is 2. The van der Waals surface area contributed by atoms with Gasteiger partial charge in [0, 0.05) is 5.56 Å². The lowest BCUT2D eigenvalue weighted by atomic mass is 10.2. The molecule has 0 bridgehead atoms. The third-order valence-electron chi connectivity index (χ3n) is 4.54. The molecule has 0 aromatic heterocycles. The molecule has 0 amide bonds. The average Bonchev–Trinajstić information content (AvgIpc) is 2.77. The minimum Gasteiger partial charge on any atom is -0.321 e. The summed E-state index contributed by atoms with van der Waals surface area (Å²) in [4.78, 5) is 0. The molecule has 4 rings (SSSR count). The SMILES string of the molecule is CCO[P@@]1(=O)C(c2ccccc2)=NN(c2ccccc2)c2c(Cl)c(Cl)c(Cl)c(Cl)c21. The molecule has 9 heteroatoms. The second-order valence-corrected chi connectivity index (χ2v) is 10.1. The van der Waals surface area contributed by atoms with Crippen LogP contribution in [0, 0.1) is 0 Å². The van der Waals surface area contributed by atoms with E-state index in [0.717, 1.165) is 0 Å². The number of anilines is 2. The smallest absolute Gasteiger partial charge is 0.285 e. The number of halogens is 4. The number of fused-ring (bicyclic) bond motifs is 1. The van der Waals surface area contributed by atoms with Gasteiger partial charge in [-0.25, -0.2) is 5.01 Å². The van der Waals surface area contributed by atoms with Gasteiger partial charge in [0.05, 0.1) is 37.7 Å². The van der Waals surface area contributed by atoms with E-state index in [-0.39, 0.29) is 37.5 Å². The van der Waals surface area contributed by atoms with Crippen molar-refractivity contribution < 1.29 is 9.09 Å². The van der Waals surface area contributed by atoms with Crippen LogP contribution in [0.2, 0.25) is 20.1 Å². The molecule has 0 radical (unpaired) electrons. The van der Waals surface area contributed by atoms with Crippen LogP contribution in [0.1, 0.15) is 12.5 Å². The molecule has 4 nitrogen and oxygen atoms in total. The van der Waals surface area contributed by atoms with Gasteiger partial charge in [0.2, 0.25) is 0 Å². The van der Waals surface area contributed by atoms with Crippen LogP contribution < -0.4 is 10.3 Å². The highest BCUT2D eigenvalue weighted by atomic mass is 35.5. The van der Waals surface area contributed by atoms with E-state index in [1.54, 1.807) is 11.9 Å². The molecule has 0 saturated heterocycles. The second-order valence-electron chi connectivity index (χ2n) is 6.36. The van der Waals surface area contributed by atoms with Crippen molar-refractivity contribution in [3.05, 3.63) is 86.3 Å². The average molecular weight is 500 g/mol. The highest BCUT2D eigenvalue weighted by Crippen LogP contribution is 2.60. The van der Waals surface area contributed by atoms with Gasteiger partial charge in [0.1, 0.15) is 5.69 Å². The van der Waals surface area contributed by atoms with Crippen molar-refractivity contribution in [2.75, 3.05) is 11.6 Å². The maximum Gasteiger partial charge on any atom is 0.285 e. The molecule has 1 aliphatic heterocycles. The Bertz CT molecular complexity index is 1190. The van der Waals surface area contributed by atoms with E-state index in [0.29, 0.717) is 16.9 Å². The van der Waals surface area contributed by atoms with Gasteiger partial charge >= 0.3 is 0 Å². The second kappa shape index (κ2) is 8.55. The van der Waals surface area contributed by atoms with Gasteiger partial charge in [0.25, 0.3) is 7.37 Å². The van der Waals surface area contributed by atoms with E-state index in [9.17, 15) is 4.57 Å². The molecule has 3 aromatic carbocycles. The third-order valence-corrected chi connectivity index (χ3v) is 9.02. The predicted octanol–water partition coefficient (Wildman–Crippen LogP) is 7.75. The molecule has 0 aliphatic carbocycles.